The summed E-state index contributed by atoms with van der Waals surface area (Å²) in [5.74, 6) is 0. The Morgan fingerprint density at radius 2 is 1.24 bits per heavy atom. The van der Waals surface area contributed by atoms with Crippen LogP contribution in [-0.4, -0.2) is 20.3 Å². The van der Waals surface area contributed by atoms with E-state index in [0.29, 0.717) is 13.2 Å². The summed E-state index contributed by atoms with van der Waals surface area (Å²) in [5.41, 5.74) is 6.45. The van der Waals surface area contributed by atoms with Crippen molar-refractivity contribution in [2.75, 3.05) is 13.2 Å². The molecule has 1 aliphatic heterocycles. The zero-order valence-corrected chi connectivity index (χ0v) is 16.3. The Morgan fingerprint density at radius 3 is 1.76 bits per heavy atom. The minimum atomic E-state index is -0.264. The quantitative estimate of drug-likeness (QED) is 0.741. The first kappa shape index (κ1) is 18.2. The second-order valence-electron chi connectivity index (χ2n) is 8.95. The lowest BCUT2D eigenvalue weighted by Gasteiger charge is -2.23. The fraction of sp³-hybridized carbons (Fsp3) is 0.455. The molecule has 3 heteroatoms. The molecule has 1 heterocycles. The van der Waals surface area contributed by atoms with E-state index in [0.717, 1.165) is 5.46 Å². The average molecular weight is 336 g/mol. The molecule has 0 amide bonds. The molecule has 2 aromatic carbocycles. The summed E-state index contributed by atoms with van der Waals surface area (Å²) in [6, 6.07) is 15.6. The van der Waals surface area contributed by atoms with E-state index in [-0.39, 0.29) is 17.9 Å². The van der Waals surface area contributed by atoms with E-state index in [9.17, 15) is 0 Å². The summed E-state index contributed by atoms with van der Waals surface area (Å²) in [4.78, 5) is 0. The Hall–Kier alpha value is -1.58. The van der Waals surface area contributed by atoms with Gasteiger partial charge in [0.05, 0.1) is 13.2 Å². The Morgan fingerprint density at radius 1 is 0.720 bits per heavy atom. The summed E-state index contributed by atoms with van der Waals surface area (Å²) in [5, 5.41) is 0. The van der Waals surface area contributed by atoms with Crippen LogP contribution in [0.1, 0.15) is 52.7 Å². The van der Waals surface area contributed by atoms with Crippen LogP contribution in [0.25, 0.3) is 11.1 Å². The van der Waals surface area contributed by atoms with Gasteiger partial charge in [-0.1, -0.05) is 84.0 Å². The van der Waals surface area contributed by atoms with Gasteiger partial charge in [0.1, 0.15) is 0 Å². The SMILES string of the molecule is CC(C)(C)c1ccc(-c2ccc(C(C)(C)C)cc2B2OCCO2)cc1. The molecule has 0 saturated carbocycles. The van der Waals surface area contributed by atoms with Gasteiger partial charge in [0, 0.05) is 0 Å². The molecule has 3 rings (SSSR count). The second-order valence-corrected chi connectivity index (χ2v) is 8.95. The number of benzene rings is 2. The molecule has 0 atom stereocenters. The van der Waals surface area contributed by atoms with Gasteiger partial charge in [0.25, 0.3) is 0 Å². The average Bonchev–Trinajstić information content (AvgIpc) is 3.07. The van der Waals surface area contributed by atoms with Crippen molar-refractivity contribution in [2.24, 2.45) is 0 Å². The van der Waals surface area contributed by atoms with Gasteiger partial charge in [-0.2, -0.15) is 0 Å². The maximum absolute atomic E-state index is 5.82. The van der Waals surface area contributed by atoms with Crippen LogP contribution in [0.15, 0.2) is 42.5 Å². The maximum Gasteiger partial charge on any atom is 0.494 e. The third kappa shape index (κ3) is 3.99. The highest BCUT2D eigenvalue weighted by Gasteiger charge is 2.30. The molecule has 2 nitrogen and oxygen atoms in total. The van der Waals surface area contributed by atoms with Gasteiger partial charge in [0.15, 0.2) is 0 Å². The molecule has 0 unspecified atom stereocenters. The van der Waals surface area contributed by atoms with Gasteiger partial charge in [0.2, 0.25) is 0 Å². The van der Waals surface area contributed by atoms with E-state index < -0.39 is 0 Å². The molecule has 0 N–H and O–H groups in total. The van der Waals surface area contributed by atoms with E-state index in [1.54, 1.807) is 0 Å². The van der Waals surface area contributed by atoms with Crippen LogP contribution in [0.4, 0.5) is 0 Å². The molecule has 0 aliphatic carbocycles. The molecule has 25 heavy (non-hydrogen) atoms. The molecule has 0 aromatic heterocycles. The molecule has 0 spiro atoms. The molecule has 1 saturated heterocycles. The van der Waals surface area contributed by atoms with Crippen LogP contribution in [0.5, 0.6) is 0 Å². The van der Waals surface area contributed by atoms with Crippen LogP contribution in [0.2, 0.25) is 0 Å². The van der Waals surface area contributed by atoms with E-state index >= 15 is 0 Å². The topological polar surface area (TPSA) is 18.5 Å². The molecule has 1 aliphatic rings. The predicted molar refractivity (Wildman–Crippen MR) is 107 cm³/mol. The monoisotopic (exact) mass is 336 g/mol. The fourth-order valence-electron chi connectivity index (χ4n) is 3.17. The van der Waals surface area contributed by atoms with Crippen molar-refractivity contribution >= 4 is 12.6 Å². The Balaban J connectivity index is 2.05. The van der Waals surface area contributed by atoms with Crippen LogP contribution in [0, 0.1) is 0 Å². The van der Waals surface area contributed by atoms with Crippen molar-refractivity contribution in [3.05, 3.63) is 53.6 Å². The highest BCUT2D eigenvalue weighted by atomic mass is 16.6. The molecule has 0 bridgehead atoms. The van der Waals surface area contributed by atoms with E-state index in [1.165, 1.54) is 22.3 Å². The van der Waals surface area contributed by atoms with Crippen molar-refractivity contribution in [2.45, 2.75) is 52.4 Å². The van der Waals surface area contributed by atoms with Crippen LogP contribution < -0.4 is 5.46 Å². The van der Waals surface area contributed by atoms with Gasteiger partial charge >= 0.3 is 7.12 Å². The maximum atomic E-state index is 5.82. The minimum Gasteiger partial charge on any atom is -0.405 e. The number of hydrogen-bond donors (Lipinski definition) is 0. The molecular weight excluding hydrogens is 307 g/mol. The van der Waals surface area contributed by atoms with Crippen LogP contribution in [0.3, 0.4) is 0 Å². The van der Waals surface area contributed by atoms with Gasteiger partial charge in [-0.05, 0) is 38.5 Å². The molecule has 0 radical (unpaired) electrons. The first-order valence-corrected chi connectivity index (χ1v) is 9.15. The van der Waals surface area contributed by atoms with E-state index in [1.807, 2.05) is 0 Å². The predicted octanol–water partition coefficient (Wildman–Crippen LogP) is 4.69. The Kier molecular flexibility index (Phi) is 4.83. The lowest BCUT2D eigenvalue weighted by Crippen LogP contribution is -2.34. The number of rotatable bonds is 2. The van der Waals surface area contributed by atoms with Crippen molar-refractivity contribution in [1.82, 2.24) is 0 Å². The van der Waals surface area contributed by atoms with Crippen molar-refractivity contribution in [3.63, 3.8) is 0 Å². The van der Waals surface area contributed by atoms with E-state index in [2.05, 4.69) is 84.0 Å². The summed E-state index contributed by atoms with van der Waals surface area (Å²) in [6.45, 7) is 14.8. The Bertz CT molecular complexity index is 730. The summed E-state index contributed by atoms with van der Waals surface area (Å²) in [6.07, 6.45) is 0. The van der Waals surface area contributed by atoms with Crippen molar-refractivity contribution in [1.29, 1.82) is 0 Å². The van der Waals surface area contributed by atoms with Gasteiger partial charge in [-0.15, -0.1) is 0 Å². The Labute approximate surface area is 152 Å². The summed E-state index contributed by atoms with van der Waals surface area (Å²) < 4.78 is 11.6. The molecule has 2 aromatic rings. The van der Waals surface area contributed by atoms with Crippen LogP contribution in [-0.2, 0) is 20.1 Å². The minimum absolute atomic E-state index is 0.0992. The largest absolute Gasteiger partial charge is 0.494 e. The second kappa shape index (κ2) is 6.62. The van der Waals surface area contributed by atoms with Crippen molar-refractivity contribution in [3.8, 4) is 11.1 Å². The third-order valence-corrected chi connectivity index (χ3v) is 4.86. The summed E-state index contributed by atoms with van der Waals surface area (Å²) in [7, 11) is -0.264. The lowest BCUT2D eigenvalue weighted by molar-refractivity contribution is 0.365. The number of hydrogen-bond acceptors (Lipinski definition) is 2. The smallest absolute Gasteiger partial charge is 0.405 e. The lowest BCUT2D eigenvalue weighted by atomic mass is 9.71. The first-order chi connectivity index (χ1) is 11.7. The highest BCUT2D eigenvalue weighted by Crippen LogP contribution is 2.28. The fourth-order valence-corrected chi connectivity index (χ4v) is 3.17. The molecular formula is C22H29BO2. The van der Waals surface area contributed by atoms with E-state index in [4.69, 9.17) is 9.31 Å². The zero-order valence-electron chi connectivity index (χ0n) is 16.3. The zero-order chi connectivity index (χ0) is 18.2. The molecule has 1 fully saturated rings. The van der Waals surface area contributed by atoms with Gasteiger partial charge in [-0.3, -0.25) is 0 Å². The normalized spacial score (nSPS) is 15.7. The highest BCUT2D eigenvalue weighted by molar-refractivity contribution is 6.63. The van der Waals surface area contributed by atoms with Crippen LogP contribution >= 0.6 is 0 Å². The van der Waals surface area contributed by atoms with Crippen molar-refractivity contribution < 1.29 is 9.31 Å². The first-order valence-electron chi connectivity index (χ1n) is 9.15. The van der Waals surface area contributed by atoms with Gasteiger partial charge in [-0.25, -0.2) is 0 Å². The summed E-state index contributed by atoms with van der Waals surface area (Å²) >= 11 is 0. The standard InChI is InChI=1S/C22H29BO2/c1-21(2,3)17-9-7-16(8-10-17)19-12-11-18(22(4,5)6)15-20(19)23-24-13-14-25-23/h7-12,15H,13-14H2,1-6H3. The molecule has 132 valence electrons. The van der Waals surface area contributed by atoms with Gasteiger partial charge < -0.3 is 9.31 Å². The third-order valence-electron chi connectivity index (χ3n) is 4.86.